The van der Waals surface area contributed by atoms with E-state index in [1.165, 1.54) is 25.3 Å². The van der Waals surface area contributed by atoms with Gasteiger partial charge < -0.3 is 10.1 Å². The van der Waals surface area contributed by atoms with Crippen molar-refractivity contribution in [1.82, 2.24) is 10.0 Å². The fourth-order valence-electron chi connectivity index (χ4n) is 4.17. The Hall–Kier alpha value is -3.43. The normalized spacial score (nSPS) is 19.2. The Bertz CT molecular complexity index is 1220. The zero-order valence-electron chi connectivity index (χ0n) is 21.1. The van der Waals surface area contributed by atoms with E-state index in [-0.39, 0.29) is 23.1 Å². The van der Waals surface area contributed by atoms with Crippen molar-refractivity contribution in [3.63, 3.8) is 0 Å². The molecule has 0 spiro atoms. The monoisotopic (exact) mass is 527 g/mol. The SMILES string of the molecule is COc1ccccc1C(=O)NCC1(C)CCC(NS(=O)(=O)Nc2cccc(F)c2)CC1.c1ccccc1. The average molecular weight is 528 g/mol. The summed E-state index contributed by atoms with van der Waals surface area (Å²) in [6, 6.07) is 24.1. The van der Waals surface area contributed by atoms with Gasteiger partial charge in [-0.25, -0.2) is 4.39 Å². The van der Waals surface area contributed by atoms with Crippen LogP contribution < -0.4 is 19.5 Å². The molecule has 3 N–H and O–H groups in total. The molecule has 1 amide bonds. The number of halogens is 1. The minimum atomic E-state index is -3.81. The van der Waals surface area contributed by atoms with Crippen LogP contribution in [-0.4, -0.2) is 34.0 Å². The van der Waals surface area contributed by atoms with E-state index in [9.17, 15) is 17.6 Å². The second-order valence-corrected chi connectivity index (χ2v) is 10.8. The van der Waals surface area contributed by atoms with Crippen LogP contribution in [0.3, 0.4) is 0 Å². The van der Waals surface area contributed by atoms with Crippen molar-refractivity contribution < 1.29 is 22.3 Å². The summed E-state index contributed by atoms with van der Waals surface area (Å²) in [6.07, 6.45) is 2.80. The molecule has 1 saturated carbocycles. The number of anilines is 1. The first-order valence-corrected chi connectivity index (χ1v) is 13.6. The van der Waals surface area contributed by atoms with Crippen LogP contribution >= 0.6 is 0 Å². The van der Waals surface area contributed by atoms with Crippen LogP contribution in [0, 0.1) is 11.2 Å². The fraction of sp³-hybridized carbons (Fsp3) is 0.321. The van der Waals surface area contributed by atoms with E-state index in [0.717, 1.165) is 18.9 Å². The van der Waals surface area contributed by atoms with Gasteiger partial charge in [-0.3, -0.25) is 9.52 Å². The molecular formula is C28H34FN3O4S. The van der Waals surface area contributed by atoms with E-state index in [4.69, 9.17) is 4.74 Å². The summed E-state index contributed by atoms with van der Waals surface area (Å²) in [5.74, 6) is -0.182. The summed E-state index contributed by atoms with van der Waals surface area (Å²) >= 11 is 0. The highest BCUT2D eigenvalue weighted by Gasteiger charge is 2.33. The summed E-state index contributed by atoms with van der Waals surface area (Å²) in [7, 11) is -2.28. The maximum Gasteiger partial charge on any atom is 0.299 e. The number of methoxy groups -OCH3 is 1. The molecule has 198 valence electrons. The second kappa shape index (κ2) is 13.2. The van der Waals surface area contributed by atoms with E-state index in [0.29, 0.717) is 30.7 Å². The highest BCUT2D eigenvalue weighted by atomic mass is 32.2. The number of para-hydroxylation sites is 1. The highest BCUT2D eigenvalue weighted by Crippen LogP contribution is 2.35. The predicted octanol–water partition coefficient (Wildman–Crippen LogP) is 5.15. The molecule has 1 aliphatic carbocycles. The average Bonchev–Trinajstić information content (AvgIpc) is 2.90. The lowest BCUT2D eigenvalue weighted by atomic mass is 9.74. The topological polar surface area (TPSA) is 96.5 Å². The largest absolute Gasteiger partial charge is 0.496 e. The first-order chi connectivity index (χ1) is 17.7. The van der Waals surface area contributed by atoms with Gasteiger partial charge in [-0.1, -0.05) is 61.5 Å². The number of carbonyl (C=O) groups excluding carboxylic acids is 1. The molecule has 3 aromatic rings. The predicted molar refractivity (Wildman–Crippen MR) is 144 cm³/mol. The van der Waals surface area contributed by atoms with Crippen molar-refractivity contribution in [1.29, 1.82) is 0 Å². The first-order valence-electron chi connectivity index (χ1n) is 12.2. The molecule has 4 rings (SSSR count). The van der Waals surface area contributed by atoms with Crippen molar-refractivity contribution in [3.8, 4) is 5.75 Å². The molecule has 0 aliphatic heterocycles. The Morgan fingerprint density at radius 1 is 0.973 bits per heavy atom. The van der Waals surface area contributed by atoms with Gasteiger partial charge in [-0.05, 0) is 61.4 Å². The Labute approximate surface area is 218 Å². The van der Waals surface area contributed by atoms with Crippen molar-refractivity contribution in [3.05, 3.63) is 96.3 Å². The molecule has 0 heterocycles. The van der Waals surface area contributed by atoms with Crippen molar-refractivity contribution in [2.45, 2.75) is 38.6 Å². The molecule has 0 saturated heterocycles. The molecule has 9 heteroatoms. The highest BCUT2D eigenvalue weighted by molar-refractivity contribution is 7.90. The van der Waals surface area contributed by atoms with Gasteiger partial charge in [0.05, 0.1) is 18.4 Å². The summed E-state index contributed by atoms with van der Waals surface area (Å²) in [5, 5.41) is 2.98. The third kappa shape index (κ3) is 9.18. The standard InChI is InChI=1S/C22H28FN3O4S.C6H6/c1-22(15-24-21(27)19-8-3-4-9-20(19)30-2)12-10-17(11-13-22)25-31(28,29)26-18-7-5-6-16(23)14-18;1-2-4-6-5-3-1/h3-9,14,17,25-26H,10-13,15H2,1-2H3,(H,24,27);1-6H. The molecule has 37 heavy (non-hydrogen) atoms. The van der Waals surface area contributed by atoms with Crippen LogP contribution in [0.1, 0.15) is 43.0 Å². The third-order valence-corrected chi connectivity index (χ3v) is 7.43. The summed E-state index contributed by atoms with van der Waals surface area (Å²) in [5.41, 5.74) is 0.529. The van der Waals surface area contributed by atoms with Crippen molar-refractivity contribution >= 4 is 21.8 Å². The minimum absolute atomic E-state index is 0.129. The third-order valence-electron chi connectivity index (χ3n) is 6.29. The zero-order valence-corrected chi connectivity index (χ0v) is 21.9. The van der Waals surface area contributed by atoms with Crippen LogP contribution in [0.15, 0.2) is 84.9 Å². The van der Waals surface area contributed by atoms with E-state index >= 15 is 0 Å². The van der Waals surface area contributed by atoms with Gasteiger partial charge >= 0.3 is 0 Å². The molecule has 3 aromatic carbocycles. The van der Waals surface area contributed by atoms with Gasteiger partial charge in [0.15, 0.2) is 0 Å². The van der Waals surface area contributed by atoms with E-state index in [1.54, 1.807) is 18.2 Å². The van der Waals surface area contributed by atoms with Gasteiger partial charge in [0.25, 0.3) is 16.1 Å². The molecule has 1 aliphatic rings. The van der Waals surface area contributed by atoms with Crippen LogP contribution in [0.4, 0.5) is 10.1 Å². The lowest BCUT2D eigenvalue weighted by Crippen LogP contribution is -2.45. The maximum absolute atomic E-state index is 13.3. The molecule has 0 atom stereocenters. The number of rotatable bonds is 8. The Morgan fingerprint density at radius 3 is 2.19 bits per heavy atom. The van der Waals surface area contributed by atoms with Crippen LogP contribution in [-0.2, 0) is 10.2 Å². The maximum atomic E-state index is 13.3. The lowest BCUT2D eigenvalue weighted by Gasteiger charge is -2.37. The smallest absolute Gasteiger partial charge is 0.299 e. The van der Waals surface area contributed by atoms with E-state index in [1.807, 2.05) is 42.5 Å². The lowest BCUT2D eigenvalue weighted by molar-refractivity contribution is 0.0912. The zero-order chi connectivity index (χ0) is 26.7. The first kappa shape index (κ1) is 28.1. The summed E-state index contributed by atoms with van der Waals surface area (Å²) < 4.78 is 48.2. The molecule has 0 unspecified atom stereocenters. The van der Waals surface area contributed by atoms with Crippen LogP contribution in [0.2, 0.25) is 0 Å². The number of ether oxygens (including phenoxy) is 1. The number of carbonyl (C=O) groups is 1. The Balaban J connectivity index is 0.000000555. The number of benzene rings is 3. The van der Waals surface area contributed by atoms with Gasteiger partial charge in [0.2, 0.25) is 0 Å². The van der Waals surface area contributed by atoms with Crippen LogP contribution in [0.25, 0.3) is 0 Å². The van der Waals surface area contributed by atoms with Crippen molar-refractivity contribution in [2.75, 3.05) is 18.4 Å². The van der Waals surface area contributed by atoms with E-state index in [2.05, 4.69) is 21.7 Å². The molecule has 0 aromatic heterocycles. The Morgan fingerprint density at radius 2 is 1.59 bits per heavy atom. The van der Waals surface area contributed by atoms with E-state index < -0.39 is 16.0 Å². The summed E-state index contributed by atoms with van der Waals surface area (Å²) in [6.45, 7) is 2.58. The molecule has 1 fully saturated rings. The van der Waals surface area contributed by atoms with Gasteiger partial charge in [0.1, 0.15) is 11.6 Å². The van der Waals surface area contributed by atoms with Crippen LogP contribution in [0.5, 0.6) is 5.75 Å². The number of amides is 1. The second-order valence-electron chi connectivity index (χ2n) is 9.36. The van der Waals surface area contributed by atoms with Gasteiger partial charge in [-0.15, -0.1) is 0 Å². The number of hydrogen-bond donors (Lipinski definition) is 3. The Kier molecular flexibility index (Phi) is 10.0. The minimum Gasteiger partial charge on any atom is -0.496 e. The summed E-state index contributed by atoms with van der Waals surface area (Å²) in [4.78, 5) is 12.5. The molecule has 7 nitrogen and oxygen atoms in total. The molecule has 0 bridgehead atoms. The fourth-order valence-corrected chi connectivity index (χ4v) is 5.34. The number of hydrogen-bond acceptors (Lipinski definition) is 4. The molecular weight excluding hydrogens is 493 g/mol. The molecule has 0 radical (unpaired) electrons. The van der Waals surface area contributed by atoms with Gasteiger partial charge in [-0.2, -0.15) is 13.1 Å². The quantitative estimate of drug-likeness (QED) is 0.378. The number of nitrogens with one attached hydrogen (secondary N) is 3. The van der Waals surface area contributed by atoms with Gasteiger partial charge in [0, 0.05) is 12.6 Å². The van der Waals surface area contributed by atoms with Crippen molar-refractivity contribution in [2.24, 2.45) is 5.41 Å².